The van der Waals surface area contributed by atoms with Gasteiger partial charge in [0.25, 0.3) is 0 Å². The number of aromatic nitrogens is 2. The largest absolute Gasteiger partial charge is 0.481 e. The Labute approximate surface area is 134 Å². The molecule has 0 unspecified atom stereocenters. The topological polar surface area (TPSA) is 67.2 Å². The number of carboxylic acid groups (broad SMARTS) is 1. The Morgan fingerprint density at radius 1 is 1.41 bits per heavy atom. The van der Waals surface area contributed by atoms with Crippen LogP contribution in [0, 0.1) is 5.92 Å². The molecule has 0 spiro atoms. The van der Waals surface area contributed by atoms with Gasteiger partial charge in [0.15, 0.2) is 0 Å². The van der Waals surface area contributed by atoms with Gasteiger partial charge >= 0.3 is 5.97 Å². The van der Waals surface area contributed by atoms with Crippen LogP contribution >= 0.6 is 11.6 Å². The van der Waals surface area contributed by atoms with Crippen LogP contribution in [0.15, 0.2) is 18.2 Å². The van der Waals surface area contributed by atoms with E-state index in [0.29, 0.717) is 17.6 Å². The van der Waals surface area contributed by atoms with Crippen molar-refractivity contribution in [3.63, 3.8) is 0 Å². The van der Waals surface area contributed by atoms with Crippen molar-refractivity contribution in [3.8, 4) is 0 Å². The molecule has 5 nitrogen and oxygen atoms in total. The van der Waals surface area contributed by atoms with Crippen LogP contribution in [0.3, 0.4) is 0 Å². The fourth-order valence-electron chi connectivity index (χ4n) is 3.15. The van der Waals surface area contributed by atoms with Gasteiger partial charge in [-0.1, -0.05) is 11.6 Å². The van der Waals surface area contributed by atoms with Crippen LogP contribution in [-0.2, 0) is 18.4 Å². The van der Waals surface area contributed by atoms with Gasteiger partial charge in [-0.15, -0.1) is 0 Å². The van der Waals surface area contributed by atoms with Crippen LogP contribution in [0.25, 0.3) is 11.0 Å². The van der Waals surface area contributed by atoms with Crippen molar-refractivity contribution in [1.82, 2.24) is 14.9 Å². The third-order valence-corrected chi connectivity index (χ3v) is 4.80. The van der Waals surface area contributed by atoms with Gasteiger partial charge in [0.05, 0.1) is 23.5 Å². The van der Waals surface area contributed by atoms with E-state index in [-0.39, 0.29) is 5.92 Å². The van der Waals surface area contributed by atoms with E-state index in [1.807, 2.05) is 25.2 Å². The number of hydrogen-bond donors (Lipinski definition) is 2. The Bertz CT molecular complexity index is 690. The fourth-order valence-corrected chi connectivity index (χ4v) is 3.32. The van der Waals surface area contributed by atoms with E-state index in [1.54, 1.807) is 0 Å². The Kier molecular flexibility index (Phi) is 4.36. The van der Waals surface area contributed by atoms with Crippen molar-refractivity contribution in [2.45, 2.75) is 38.3 Å². The van der Waals surface area contributed by atoms with Crippen molar-refractivity contribution in [1.29, 1.82) is 0 Å². The maximum absolute atomic E-state index is 11.0. The molecule has 118 valence electrons. The van der Waals surface area contributed by atoms with Crippen LogP contribution < -0.4 is 5.32 Å². The average Bonchev–Trinajstić information content (AvgIpc) is 2.82. The molecule has 0 aliphatic heterocycles. The first-order chi connectivity index (χ1) is 10.5. The van der Waals surface area contributed by atoms with Gasteiger partial charge < -0.3 is 15.0 Å². The van der Waals surface area contributed by atoms with Crippen molar-refractivity contribution in [2.24, 2.45) is 13.0 Å². The molecule has 2 aromatic rings. The molecule has 0 atom stereocenters. The van der Waals surface area contributed by atoms with Crippen LogP contribution in [0.4, 0.5) is 0 Å². The second-order valence-electron chi connectivity index (χ2n) is 5.99. The van der Waals surface area contributed by atoms with E-state index >= 15 is 0 Å². The van der Waals surface area contributed by atoms with Crippen LogP contribution in [0.5, 0.6) is 0 Å². The summed E-state index contributed by atoms with van der Waals surface area (Å²) in [6.45, 7) is 0.686. The average molecular weight is 322 g/mol. The highest BCUT2D eigenvalue weighted by Crippen LogP contribution is 2.25. The predicted octanol–water partition coefficient (Wildman–Crippen LogP) is 2.96. The zero-order chi connectivity index (χ0) is 15.7. The Hall–Kier alpha value is -1.59. The Morgan fingerprint density at radius 3 is 2.82 bits per heavy atom. The molecule has 1 aromatic carbocycles. The van der Waals surface area contributed by atoms with E-state index < -0.39 is 5.97 Å². The molecule has 0 bridgehead atoms. The Morgan fingerprint density at radius 2 is 2.14 bits per heavy atom. The molecule has 6 heteroatoms. The number of nitrogens with one attached hydrogen (secondary N) is 1. The van der Waals surface area contributed by atoms with Crippen molar-refractivity contribution < 1.29 is 9.90 Å². The number of carboxylic acids is 1. The van der Waals surface area contributed by atoms with Crippen LogP contribution in [-0.4, -0.2) is 26.7 Å². The monoisotopic (exact) mass is 321 g/mol. The number of fused-ring (bicyclic) bond motifs is 1. The van der Waals surface area contributed by atoms with E-state index in [1.165, 1.54) is 0 Å². The van der Waals surface area contributed by atoms with Gasteiger partial charge in [-0.2, -0.15) is 0 Å². The molecule has 1 saturated carbocycles. The number of aliphatic carboxylic acids is 1. The lowest BCUT2D eigenvalue weighted by Gasteiger charge is -2.26. The maximum Gasteiger partial charge on any atom is 0.306 e. The maximum atomic E-state index is 11.0. The molecule has 0 radical (unpaired) electrons. The minimum Gasteiger partial charge on any atom is -0.481 e. The second kappa shape index (κ2) is 6.26. The first-order valence-electron chi connectivity index (χ1n) is 7.61. The zero-order valence-corrected chi connectivity index (χ0v) is 13.3. The first-order valence-corrected chi connectivity index (χ1v) is 7.99. The summed E-state index contributed by atoms with van der Waals surface area (Å²) in [6, 6.07) is 6.07. The van der Waals surface area contributed by atoms with Crippen LogP contribution in [0.1, 0.15) is 31.5 Å². The molecule has 1 aromatic heterocycles. The summed E-state index contributed by atoms with van der Waals surface area (Å²) < 4.78 is 2.05. The highest BCUT2D eigenvalue weighted by Gasteiger charge is 2.25. The molecular formula is C16H20ClN3O2. The van der Waals surface area contributed by atoms with E-state index in [2.05, 4.69) is 14.9 Å². The molecule has 3 rings (SSSR count). The normalized spacial score (nSPS) is 22.1. The molecule has 22 heavy (non-hydrogen) atoms. The quantitative estimate of drug-likeness (QED) is 0.908. The van der Waals surface area contributed by atoms with Crippen LogP contribution in [0.2, 0.25) is 5.02 Å². The highest BCUT2D eigenvalue weighted by molar-refractivity contribution is 6.31. The van der Waals surface area contributed by atoms with Crippen molar-refractivity contribution in [3.05, 3.63) is 29.0 Å². The third-order valence-electron chi connectivity index (χ3n) is 4.56. The van der Waals surface area contributed by atoms with Gasteiger partial charge in [-0.3, -0.25) is 4.79 Å². The summed E-state index contributed by atoms with van der Waals surface area (Å²) in [4.78, 5) is 15.6. The number of nitrogens with zero attached hydrogens (tertiary/aromatic N) is 2. The number of aryl methyl sites for hydroxylation is 1. The number of imidazole rings is 1. The molecule has 0 amide bonds. The second-order valence-corrected chi connectivity index (χ2v) is 6.42. The molecular weight excluding hydrogens is 302 g/mol. The molecule has 0 saturated heterocycles. The summed E-state index contributed by atoms with van der Waals surface area (Å²) in [5.41, 5.74) is 1.97. The summed E-state index contributed by atoms with van der Waals surface area (Å²) in [5, 5.41) is 13.2. The van der Waals surface area contributed by atoms with Gasteiger partial charge in [-0.05, 0) is 43.9 Å². The standard InChI is InChI=1S/C16H20ClN3O2/c1-20-14-8-11(17)4-7-13(14)19-15(20)9-18-12-5-2-10(3-6-12)16(21)22/h4,7-8,10,12,18H,2-3,5-6,9H2,1H3,(H,21,22). The first kappa shape index (κ1) is 15.3. The number of rotatable bonds is 4. The highest BCUT2D eigenvalue weighted by atomic mass is 35.5. The molecule has 1 fully saturated rings. The molecule has 1 heterocycles. The van der Waals surface area contributed by atoms with E-state index in [4.69, 9.17) is 16.7 Å². The number of halogens is 1. The lowest BCUT2D eigenvalue weighted by Crippen LogP contribution is -2.35. The SMILES string of the molecule is Cn1c(CNC2CCC(C(=O)O)CC2)nc2ccc(Cl)cc21. The lowest BCUT2D eigenvalue weighted by molar-refractivity contribution is -0.142. The summed E-state index contributed by atoms with van der Waals surface area (Å²) in [7, 11) is 1.99. The van der Waals surface area contributed by atoms with Gasteiger partial charge in [-0.25, -0.2) is 4.98 Å². The smallest absolute Gasteiger partial charge is 0.306 e. The van der Waals surface area contributed by atoms with Crippen molar-refractivity contribution >= 4 is 28.6 Å². The summed E-state index contributed by atoms with van der Waals surface area (Å²) in [5.74, 6) is 0.138. The molecule has 1 aliphatic carbocycles. The number of hydrogen-bond acceptors (Lipinski definition) is 3. The minimum atomic E-state index is -0.661. The minimum absolute atomic E-state index is 0.170. The lowest BCUT2D eigenvalue weighted by atomic mass is 9.86. The predicted molar refractivity (Wildman–Crippen MR) is 85.9 cm³/mol. The van der Waals surface area contributed by atoms with Gasteiger partial charge in [0.2, 0.25) is 0 Å². The zero-order valence-electron chi connectivity index (χ0n) is 12.6. The third kappa shape index (κ3) is 3.10. The van der Waals surface area contributed by atoms with E-state index in [9.17, 15) is 4.79 Å². The molecule has 2 N–H and O–H groups in total. The van der Waals surface area contributed by atoms with Crippen molar-refractivity contribution in [2.75, 3.05) is 0 Å². The number of benzene rings is 1. The molecule has 1 aliphatic rings. The van der Waals surface area contributed by atoms with Gasteiger partial charge in [0, 0.05) is 18.1 Å². The van der Waals surface area contributed by atoms with Gasteiger partial charge in [0.1, 0.15) is 5.82 Å². The fraction of sp³-hybridized carbons (Fsp3) is 0.500. The summed E-state index contributed by atoms with van der Waals surface area (Å²) >= 11 is 6.03. The Balaban J connectivity index is 1.63. The number of carbonyl (C=O) groups is 1. The summed E-state index contributed by atoms with van der Waals surface area (Å²) in [6.07, 6.45) is 3.33. The van der Waals surface area contributed by atoms with E-state index in [0.717, 1.165) is 42.5 Å².